The first-order chi connectivity index (χ1) is 8.09. The van der Waals surface area contributed by atoms with Crippen molar-refractivity contribution in [1.82, 2.24) is 4.90 Å². The summed E-state index contributed by atoms with van der Waals surface area (Å²) in [5.74, 6) is -1.35. The number of aliphatic hydroxyl groups excluding tert-OH is 1. The summed E-state index contributed by atoms with van der Waals surface area (Å²) in [6.45, 7) is 0.738. The van der Waals surface area contributed by atoms with Gasteiger partial charge in [0.15, 0.2) is 6.10 Å². The van der Waals surface area contributed by atoms with Gasteiger partial charge in [-0.3, -0.25) is 4.79 Å². The van der Waals surface area contributed by atoms with Crippen LogP contribution in [0.25, 0.3) is 0 Å². The van der Waals surface area contributed by atoms with E-state index in [0.717, 1.165) is 5.56 Å². The van der Waals surface area contributed by atoms with Crippen LogP contribution in [0.15, 0.2) is 24.3 Å². The Morgan fingerprint density at radius 3 is 2.76 bits per heavy atom. The van der Waals surface area contributed by atoms with E-state index in [1.165, 1.54) is 0 Å². The van der Waals surface area contributed by atoms with Gasteiger partial charge in [0, 0.05) is 25.1 Å². The molecule has 1 aromatic rings. The first-order valence-electron chi connectivity index (χ1n) is 5.37. The van der Waals surface area contributed by atoms with Crippen molar-refractivity contribution in [1.29, 1.82) is 0 Å². The fourth-order valence-electron chi connectivity index (χ4n) is 1.90. The Morgan fingerprint density at radius 1 is 1.41 bits per heavy atom. The van der Waals surface area contributed by atoms with E-state index in [0.29, 0.717) is 12.1 Å². The molecule has 1 aliphatic rings. The summed E-state index contributed by atoms with van der Waals surface area (Å²) < 4.78 is 0. The van der Waals surface area contributed by atoms with Crippen LogP contribution in [0.1, 0.15) is 22.3 Å². The van der Waals surface area contributed by atoms with Gasteiger partial charge in [-0.1, -0.05) is 18.2 Å². The maximum atomic E-state index is 11.9. The van der Waals surface area contributed by atoms with Crippen molar-refractivity contribution in [2.45, 2.75) is 19.1 Å². The van der Waals surface area contributed by atoms with Gasteiger partial charge in [-0.25, -0.2) is 4.79 Å². The summed E-state index contributed by atoms with van der Waals surface area (Å²) >= 11 is 0. The highest BCUT2D eigenvalue weighted by atomic mass is 16.4. The van der Waals surface area contributed by atoms with E-state index < -0.39 is 12.1 Å². The maximum Gasteiger partial charge on any atom is 0.332 e. The highest BCUT2D eigenvalue weighted by molar-refractivity contribution is 5.98. The number of aliphatic carboxylic acids is 1. The SMILES string of the molecule is O=C(O)C(O)CCN1Cc2ccccc2C1=O. The highest BCUT2D eigenvalue weighted by Crippen LogP contribution is 2.22. The van der Waals surface area contributed by atoms with Gasteiger partial charge in [0.25, 0.3) is 5.91 Å². The van der Waals surface area contributed by atoms with E-state index in [9.17, 15) is 9.59 Å². The van der Waals surface area contributed by atoms with E-state index in [1.807, 2.05) is 12.1 Å². The van der Waals surface area contributed by atoms with E-state index in [4.69, 9.17) is 10.2 Å². The Balaban J connectivity index is 1.99. The molecule has 17 heavy (non-hydrogen) atoms. The molecule has 0 fully saturated rings. The number of nitrogens with zero attached hydrogens (tertiary/aromatic N) is 1. The molecular formula is C12H13NO4. The molecule has 0 aliphatic carbocycles. The van der Waals surface area contributed by atoms with Crippen LogP contribution in [0.2, 0.25) is 0 Å². The molecular weight excluding hydrogens is 222 g/mol. The molecule has 0 saturated carbocycles. The van der Waals surface area contributed by atoms with Crippen molar-refractivity contribution in [3.05, 3.63) is 35.4 Å². The Labute approximate surface area is 98.3 Å². The quantitative estimate of drug-likeness (QED) is 0.795. The number of fused-ring (bicyclic) bond motifs is 1. The summed E-state index contributed by atoms with van der Waals surface area (Å²) in [6, 6.07) is 7.29. The normalized spacial score (nSPS) is 15.8. The Bertz CT molecular complexity index is 458. The third kappa shape index (κ3) is 2.29. The summed E-state index contributed by atoms with van der Waals surface area (Å²) in [7, 11) is 0. The fourth-order valence-corrected chi connectivity index (χ4v) is 1.90. The largest absolute Gasteiger partial charge is 0.479 e. The number of aliphatic hydroxyl groups is 1. The van der Waals surface area contributed by atoms with Gasteiger partial charge in [0.05, 0.1) is 0 Å². The van der Waals surface area contributed by atoms with Crippen LogP contribution >= 0.6 is 0 Å². The summed E-state index contributed by atoms with van der Waals surface area (Å²) in [6.07, 6.45) is -1.36. The van der Waals surface area contributed by atoms with E-state index in [2.05, 4.69) is 0 Å². The molecule has 1 aliphatic heterocycles. The first-order valence-corrected chi connectivity index (χ1v) is 5.37. The molecule has 90 valence electrons. The molecule has 5 heteroatoms. The van der Waals surface area contributed by atoms with E-state index >= 15 is 0 Å². The monoisotopic (exact) mass is 235 g/mol. The Kier molecular flexibility index (Phi) is 3.10. The number of hydrogen-bond donors (Lipinski definition) is 2. The minimum Gasteiger partial charge on any atom is -0.479 e. The molecule has 1 unspecified atom stereocenters. The number of benzene rings is 1. The fraction of sp³-hybridized carbons (Fsp3) is 0.333. The molecule has 2 N–H and O–H groups in total. The van der Waals surface area contributed by atoms with Crippen LogP contribution in [0, 0.1) is 0 Å². The van der Waals surface area contributed by atoms with Crippen LogP contribution in [-0.2, 0) is 11.3 Å². The van der Waals surface area contributed by atoms with Gasteiger partial charge in [-0.05, 0) is 11.6 Å². The van der Waals surface area contributed by atoms with Crippen molar-refractivity contribution in [3.8, 4) is 0 Å². The molecule has 1 amide bonds. The molecule has 0 aromatic heterocycles. The molecule has 1 aromatic carbocycles. The second-order valence-corrected chi connectivity index (χ2v) is 4.03. The zero-order valence-electron chi connectivity index (χ0n) is 9.17. The number of carbonyl (C=O) groups is 2. The summed E-state index contributed by atoms with van der Waals surface area (Å²) in [5.41, 5.74) is 1.61. The second kappa shape index (κ2) is 4.55. The van der Waals surface area contributed by atoms with Gasteiger partial charge in [-0.15, -0.1) is 0 Å². The predicted molar refractivity (Wildman–Crippen MR) is 59.4 cm³/mol. The third-order valence-corrected chi connectivity index (χ3v) is 2.85. The zero-order chi connectivity index (χ0) is 12.4. The van der Waals surface area contributed by atoms with Crippen molar-refractivity contribution in [2.24, 2.45) is 0 Å². The third-order valence-electron chi connectivity index (χ3n) is 2.85. The van der Waals surface area contributed by atoms with Crippen LogP contribution < -0.4 is 0 Å². The highest BCUT2D eigenvalue weighted by Gasteiger charge is 2.27. The lowest BCUT2D eigenvalue weighted by atomic mass is 10.1. The summed E-state index contributed by atoms with van der Waals surface area (Å²) in [5, 5.41) is 17.7. The molecule has 5 nitrogen and oxygen atoms in total. The number of carbonyl (C=O) groups excluding carboxylic acids is 1. The standard InChI is InChI=1S/C12H13NO4/c14-10(12(16)17)5-6-13-7-8-3-1-2-4-9(8)11(13)15/h1-4,10,14H,5-7H2,(H,16,17). The molecule has 0 spiro atoms. The van der Waals surface area contributed by atoms with Gasteiger partial charge in [-0.2, -0.15) is 0 Å². The average Bonchev–Trinajstić information content (AvgIpc) is 2.64. The number of hydrogen-bond acceptors (Lipinski definition) is 3. The zero-order valence-corrected chi connectivity index (χ0v) is 9.17. The predicted octanol–water partition coefficient (Wildman–Crippen LogP) is 0.478. The van der Waals surface area contributed by atoms with Gasteiger partial charge < -0.3 is 15.1 Å². The molecule has 2 rings (SSSR count). The first kappa shape index (κ1) is 11.6. The molecule has 0 bridgehead atoms. The van der Waals surface area contributed by atoms with Crippen LogP contribution in [0.3, 0.4) is 0 Å². The minimum absolute atomic E-state index is 0.0507. The molecule has 1 atom stereocenters. The van der Waals surface area contributed by atoms with E-state index in [1.54, 1.807) is 17.0 Å². The van der Waals surface area contributed by atoms with Crippen molar-refractivity contribution in [3.63, 3.8) is 0 Å². The average molecular weight is 235 g/mol. The smallest absolute Gasteiger partial charge is 0.332 e. The number of amides is 1. The number of rotatable bonds is 4. The molecule has 0 radical (unpaired) electrons. The molecule has 1 heterocycles. The van der Waals surface area contributed by atoms with Crippen LogP contribution in [0.5, 0.6) is 0 Å². The number of carboxylic acids is 1. The lowest BCUT2D eigenvalue weighted by Gasteiger charge is -2.16. The van der Waals surface area contributed by atoms with E-state index in [-0.39, 0.29) is 18.9 Å². The van der Waals surface area contributed by atoms with Gasteiger partial charge in [0.1, 0.15) is 0 Å². The number of carboxylic acid groups (broad SMARTS) is 1. The van der Waals surface area contributed by atoms with Crippen LogP contribution in [0.4, 0.5) is 0 Å². The van der Waals surface area contributed by atoms with Crippen molar-refractivity contribution in [2.75, 3.05) is 6.54 Å². The summed E-state index contributed by atoms with van der Waals surface area (Å²) in [4.78, 5) is 23.9. The second-order valence-electron chi connectivity index (χ2n) is 4.03. The minimum atomic E-state index is -1.41. The topological polar surface area (TPSA) is 77.8 Å². The lowest BCUT2D eigenvalue weighted by Crippen LogP contribution is -2.30. The van der Waals surface area contributed by atoms with Crippen LogP contribution in [-0.4, -0.2) is 39.6 Å². The van der Waals surface area contributed by atoms with Gasteiger partial charge in [0.2, 0.25) is 0 Å². The lowest BCUT2D eigenvalue weighted by molar-refractivity contribution is -0.147. The Morgan fingerprint density at radius 2 is 2.12 bits per heavy atom. The Hall–Kier alpha value is -1.88. The van der Waals surface area contributed by atoms with Gasteiger partial charge >= 0.3 is 5.97 Å². The van der Waals surface area contributed by atoms with Crippen molar-refractivity contribution >= 4 is 11.9 Å². The maximum absolute atomic E-state index is 11.9. The van der Waals surface area contributed by atoms with Crippen molar-refractivity contribution < 1.29 is 19.8 Å². The molecule has 0 saturated heterocycles.